The van der Waals surface area contributed by atoms with Crippen LogP contribution in [-0.2, 0) is 4.74 Å². The lowest BCUT2D eigenvalue weighted by atomic mass is 10.0. The Bertz CT molecular complexity index is 819. The van der Waals surface area contributed by atoms with Crippen molar-refractivity contribution in [1.29, 1.82) is 0 Å². The number of carbonyl (C=O) groups excluding carboxylic acids is 1. The normalized spacial score (nSPS) is 15.6. The van der Waals surface area contributed by atoms with Crippen molar-refractivity contribution < 1.29 is 19.2 Å². The number of ether oxygens (including phenoxy) is 2. The van der Waals surface area contributed by atoms with Gasteiger partial charge < -0.3 is 14.8 Å². The van der Waals surface area contributed by atoms with Gasteiger partial charge in [-0.1, -0.05) is 12.1 Å². The number of rotatable bonds is 7. The van der Waals surface area contributed by atoms with Crippen LogP contribution in [0.5, 0.6) is 5.75 Å². The number of methoxy groups -OCH3 is 1. The molecule has 0 aromatic heterocycles. The molecule has 8 heteroatoms. The molecular formula is C20H23N3O5. The van der Waals surface area contributed by atoms with Crippen molar-refractivity contribution in [2.24, 2.45) is 0 Å². The summed E-state index contributed by atoms with van der Waals surface area (Å²) in [5.74, 6) is 0.494. The van der Waals surface area contributed by atoms with Crippen LogP contribution in [-0.4, -0.2) is 55.7 Å². The molecule has 1 aliphatic rings. The first kappa shape index (κ1) is 19.8. The Hall–Kier alpha value is -2.97. The number of nitrogens with zero attached hydrogens (tertiary/aromatic N) is 2. The molecular weight excluding hydrogens is 362 g/mol. The van der Waals surface area contributed by atoms with Gasteiger partial charge in [0.05, 0.1) is 31.3 Å². The summed E-state index contributed by atoms with van der Waals surface area (Å²) in [5, 5.41) is 13.7. The molecule has 1 heterocycles. The summed E-state index contributed by atoms with van der Waals surface area (Å²) in [4.78, 5) is 25.1. The van der Waals surface area contributed by atoms with E-state index in [4.69, 9.17) is 9.47 Å². The molecule has 0 radical (unpaired) electrons. The van der Waals surface area contributed by atoms with Crippen molar-refractivity contribution in [3.8, 4) is 5.75 Å². The van der Waals surface area contributed by atoms with E-state index in [1.54, 1.807) is 7.11 Å². The topological polar surface area (TPSA) is 93.9 Å². The lowest BCUT2D eigenvalue weighted by Gasteiger charge is -2.35. The summed E-state index contributed by atoms with van der Waals surface area (Å²) >= 11 is 0. The van der Waals surface area contributed by atoms with Crippen molar-refractivity contribution in [3.63, 3.8) is 0 Å². The Morgan fingerprint density at radius 3 is 2.61 bits per heavy atom. The van der Waals surface area contributed by atoms with Crippen LogP contribution in [0.25, 0.3) is 0 Å². The molecule has 1 fully saturated rings. The summed E-state index contributed by atoms with van der Waals surface area (Å²) < 4.78 is 10.8. The molecule has 0 saturated carbocycles. The minimum Gasteiger partial charge on any atom is -0.497 e. The van der Waals surface area contributed by atoms with Crippen LogP contribution in [0.15, 0.2) is 48.5 Å². The van der Waals surface area contributed by atoms with Crippen LogP contribution < -0.4 is 10.1 Å². The summed E-state index contributed by atoms with van der Waals surface area (Å²) in [5.41, 5.74) is 1.39. The third-order valence-electron chi connectivity index (χ3n) is 4.76. The summed E-state index contributed by atoms with van der Waals surface area (Å²) in [6.45, 7) is 3.25. The minimum absolute atomic E-state index is 0.0269. The van der Waals surface area contributed by atoms with Crippen molar-refractivity contribution in [3.05, 3.63) is 69.8 Å². The molecule has 0 aliphatic carbocycles. The van der Waals surface area contributed by atoms with Gasteiger partial charge in [-0.25, -0.2) is 0 Å². The molecule has 1 aliphatic heterocycles. The van der Waals surface area contributed by atoms with Gasteiger partial charge in [0.25, 0.3) is 11.6 Å². The van der Waals surface area contributed by atoms with Crippen LogP contribution in [0.2, 0.25) is 0 Å². The Labute approximate surface area is 163 Å². The van der Waals surface area contributed by atoms with Gasteiger partial charge in [-0.3, -0.25) is 19.8 Å². The first-order valence-electron chi connectivity index (χ1n) is 9.07. The molecule has 2 aromatic rings. The van der Waals surface area contributed by atoms with Gasteiger partial charge in [-0.15, -0.1) is 0 Å². The maximum atomic E-state index is 12.5. The molecule has 1 saturated heterocycles. The Balaban J connectivity index is 1.73. The van der Waals surface area contributed by atoms with E-state index in [-0.39, 0.29) is 17.6 Å². The highest BCUT2D eigenvalue weighted by molar-refractivity contribution is 5.94. The predicted molar refractivity (Wildman–Crippen MR) is 104 cm³/mol. The number of hydrogen-bond donors (Lipinski definition) is 1. The van der Waals surface area contributed by atoms with Crippen LogP contribution in [0, 0.1) is 10.1 Å². The Morgan fingerprint density at radius 2 is 1.96 bits per heavy atom. The van der Waals surface area contributed by atoms with Crippen molar-refractivity contribution in [2.75, 3.05) is 40.0 Å². The molecule has 1 unspecified atom stereocenters. The van der Waals surface area contributed by atoms with Crippen LogP contribution in [0.4, 0.5) is 5.69 Å². The van der Waals surface area contributed by atoms with E-state index in [1.165, 1.54) is 24.3 Å². The maximum absolute atomic E-state index is 12.5. The van der Waals surface area contributed by atoms with Crippen LogP contribution in [0.3, 0.4) is 0 Å². The second-order valence-electron chi connectivity index (χ2n) is 6.45. The Morgan fingerprint density at radius 1 is 1.25 bits per heavy atom. The van der Waals surface area contributed by atoms with Gasteiger partial charge in [-0.2, -0.15) is 0 Å². The van der Waals surface area contributed by atoms with Crippen molar-refractivity contribution >= 4 is 11.6 Å². The lowest BCUT2D eigenvalue weighted by Crippen LogP contribution is -2.43. The monoisotopic (exact) mass is 385 g/mol. The van der Waals surface area contributed by atoms with Gasteiger partial charge in [0.2, 0.25) is 0 Å². The number of nitro benzene ring substituents is 1. The zero-order valence-corrected chi connectivity index (χ0v) is 15.7. The van der Waals surface area contributed by atoms with Crippen molar-refractivity contribution in [2.45, 2.75) is 6.04 Å². The van der Waals surface area contributed by atoms with Gasteiger partial charge >= 0.3 is 0 Å². The molecule has 28 heavy (non-hydrogen) atoms. The molecule has 8 nitrogen and oxygen atoms in total. The molecule has 1 N–H and O–H groups in total. The van der Waals surface area contributed by atoms with E-state index in [0.717, 1.165) is 24.4 Å². The van der Waals surface area contributed by atoms with E-state index >= 15 is 0 Å². The number of hydrogen-bond acceptors (Lipinski definition) is 6. The molecule has 0 spiro atoms. The largest absolute Gasteiger partial charge is 0.497 e. The first-order chi connectivity index (χ1) is 13.6. The highest BCUT2D eigenvalue weighted by atomic mass is 16.6. The van der Waals surface area contributed by atoms with Gasteiger partial charge in [0.1, 0.15) is 5.75 Å². The lowest BCUT2D eigenvalue weighted by molar-refractivity contribution is -0.384. The fourth-order valence-electron chi connectivity index (χ4n) is 3.22. The predicted octanol–water partition coefficient (Wildman–Crippen LogP) is 2.41. The standard InChI is InChI=1S/C20H23N3O5/c1-27-18-4-2-3-16(13-18)19(22-9-11-28-12-10-22)14-21-20(24)15-5-7-17(8-6-15)23(25)26/h2-8,13,19H,9-12,14H2,1H3,(H,21,24). The van der Waals surface area contributed by atoms with E-state index in [0.29, 0.717) is 25.3 Å². The molecule has 0 bridgehead atoms. The van der Waals surface area contributed by atoms with E-state index < -0.39 is 4.92 Å². The van der Waals surface area contributed by atoms with E-state index in [9.17, 15) is 14.9 Å². The molecule has 2 aromatic carbocycles. The third-order valence-corrected chi connectivity index (χ3v) is 4.76. The summed E-state index contributed by atoms with van der Waals surface area (Å²) in [6.07, 6.45) is 0. The molecule has 148 valence electrons. The summed E-state index contributed by atoms with van der Waals surface area (Å²) in [7, 11) is 1.62. The second kappa shape index (κ2) is 9.29. The molecule has 1 atom stereocenters. The van der Waals surface area contributed by atoms with E-state index in [1.807, 2.05) is 24.3 Å². The Kier molecular flexibility index (Phi) is 6.57. The highest BCUT2D eigenvalue weighted by Gasteiger charge is 2.24. The van der Waals surface area contributed by atoms with Crippen LogP contribution >= 0.6 is 0 Å². The first-order valence-corrected chi connectivity index (χ1v) is 9.07. The SMILES string of the molecule is COc1cccc(C(CNC(=O)c2ccc([N+](=O)[O-])cc2)N2CCOCC2)c1. The van der Waals surface area contributed by atoms with E-state index in [2.05, 4.69) is 10.2 Å². The number of non-ortho nitro benzene ring substituents is 1. The number of morpholine rings is 1. The fourth-order valence-corrected chi connectivity index (χ4v) is 3.22. The molecule has 3 rings (SSSR count). The van der Waals surface area contributed by atoms with Gasteiger partial charge in [-0.05, 0) is 29.8 Å². The number of benzene rings is 2. The van der Waals surface area contributed by atoms with Crippen LogP contribution in [0.1, 0.15) is 22.0 Å². The van der Waals surface area contributed by atoms with Crippen molar-refractivity contribution in [1.82, 2.24) is 10.2 Å². The average molecular weight is 385 g/mol. The van der Waals surface area contributed by atoms with Gasteiger partial charge in [0, 0.05) is 37.3 Å². The fraction of sp³-hybridized carbons (Fsp3) is 0.350. The second-order valence-corrected chi connectivity index (χ2v) is 6.45. The smallest absolute Gasteiger partial charge is 0.269 e. The number of nitrogens with one attached hydrogen (secondary N) is 1. The minimum atomic E-state index is -0.487. The van der Waals surface area contributed by atoms with Gasteiger partial charge in [0.15, 0.2) is 0 Å². The number of amides is 1. The zero-order chi connectivity index (χ0) is 19.9. The highest BCUT2D eigenvalue weighted by Crippen LogP contribution is 2.25. The number of nitro groups is 1. The molecule has 1 amide bonds. The quantitative estimate of drug-likeness (QED) is 0.581. The summed E-state index contributed by atoms with van der Waals surface area (Å²) in [6, 6.07) is 13.4. The zero-order valence-electron chi connectivity index (χ0n) is 15.7. The number of carbonyl (C=O) groups is 1. The third kappa shape index (κ3) is 4.85. The average Bonchev–Trinajstić information content (AvgIpc) is 2.74. The maximum Gasteiger partial charge on any atom is 0.269 e.